The Kier molecular flexibility index (Phi) is 12.1. The number of carbonyl (C=O) groups excluding carboxylic acids is 7. The summed E-state index contributed by atoms with van der Waals surface area (Å²) < 4.78 is 0. The van der Waals surface area contributed by atoms with Crippen molar-refractivity contribution >= 4 is 41.4 Å². The highest BCUT2D eigenvalue weighted by Crippen LogP contribution is 2.35. The van der Waals surface area contributed by atoms with E-state index in [9.17, 15) is 33.6 Å². The molecular weight excluding hydrogens is 628 g/mol. The van der Waals surface area contributed by atoms with E-state index in [0.717, 1.165) is 12.8 Å². The smallest absolute Gasteiger partial charge is 0.315 e. The minimum atomic E-state index is -1.13. The number of primary amides is 1. The third-order valence-electron chi connectivity index (χ3n) is 9.49. The lowest BCUT2D eigenvalue weighted by atomic mass is 9.80. The van der Waals surface area contributed by atoms with Gasteiger partial charge in [0.15, 0.2) is 0 Å². The number of rotatable bonds is 12. The molecule has 0 aromatic heterocycles. The highest BCUT2D eigenvalue weighted by atomic mass is 16.2. The molecule has 3 aliphatic rings. The summed E-state index contributed by atoms with van der Waals surface area (Å²) >= 11 is 0. The summed E-state index contributed by atoms with van der Waals surface area (Å²) in [6.45, 7) is 18.9. The fourth-order valence-corrected chi connectivity index (χ4v) is 6.49. The molecule has 49 heavy (non-hydrogen) atoms. The summed E-state index contributed by atoms with van der Waals surface area (Å²) in [4.78, 5) is 94.9. The van der Waals surface area contributed by atoms with Crippen LogP contribution in [0.2, 0.25) is 0 Å². The first kappa shape index (κ1) is 39.7. The molecule has 0 bridgehead atoms. The molecule has 0 radical (unpaired) electrons. The third-order valence-corrected chi connectivity index (χ3v) is 9.49. The lowest BCUT2D eigenvalue weighted by Crippen LogP contribution is -2.62. The fourth-order valence-electron chi connectivity index (χ4n) is 6.49. The first-order valence-electron chi connectivity index (χ1n) is 17.5. The number of likely N-dealkylation sites (tertiary alicyclic amines) is 2. The summed E-state index contributed by atoms with van der Waals surface area (Å²) in [5.74, 6) is -3.37. The molecule has 1 saturated carbocycles. The number of carbonyl (C=O) groups is 7. The van der Waals surface area contributed by atoms with Crippen LogP contribution in [0.4, 0.5) is 4.79 Å². The quantitative estimate of drug-likeness (QED) is 0.138. The Hall–Kier alpha value is -3.77. The van der Waals surface area contributed by atoms with Crippen LogP contribution in [-0.4, -0.2) is 88.4 Å². The van der Waals surface area contributed by atoms with E-state index in [1.54, 1.807) is 20.8 Å². The van der Waals surface area contributed by atoms with E-state index in [0.29, 0.717) is 18.4 Å². The number of imide groups is 1. The Morgan fingerprint density at radius 1 is 0.918 bits per heavy atom. The standard InChI is InChI=1S/C36H58N6O7/c1-20(2)15-22-13-14-41(27(22)31(47)38-23(16-21-11-12-21)28(45)30(37)46)32(48)29(35(6,7)8)40-33(49)39-24(34(3,4)5)19-42-25(43)17-36(9,10)18-26(42)44/h15,20-21,23-24,27,29H,11-14,16-19H2,1-10H3,(H2,37,46)(H,38,47)(H2,39,40,49)/b22-15+/t23?,24-,27+,29-/m1/s1. The number of allylic oxidation sites excluding steroid dienone is 1. The van der Waals surface area contributed by atoms with Crippen LogP contribution in [0.5, 0.6) is 0 Å². The van der Waals surface area contributed by atoms with Gasteiger partial charge >= 0.3 is 6.03 Å². The molecule has 3 fully saturated rings. The second kappa shape index (κ2) is 15.0. The van der Waals surface area contributed by atoms with E-state index in [4.69, 9.17) is 5.73 Å². The average Bonchev–Trinajstić information content (AvgIpc) is 3.66. The molecule has 7 amide bonds. The zero-order valence-electron chi connectivity index (χ0n) is 31.0. The number of amides is 7. The molecule has 0 aromatic carbocycles. The molecule has 274 valence electrons. The molecule has 2 heterocycles. The van der Waals surface area contributed by atoms with Crippen LogP contribution in [-0.2, 0) is 28.8 Å². The normalized spacial score (nSPS) is 22.5. The van der Waals surface area contributed by atoms with Crippen molar-refractivity contribution in [1.29, 1.82) is 0 Å². The maximum atomic E-state index is 14.4. The highest BCUT2D eigenvalue weighted by molar-refractivity contribution is 6.37. The molecule has 2 aliphatic heterocycles. The second-order valence-electron chi connectivity index (χ2n) is 17.4. The van der Waals surface area contributed by atoms with Gasteiger partial charge < -0.3 is 26.6 Å². The Bertz CT molecular complexity index is 1350. The molecule has 0 spiro atoms. The lowest BCUT2D eigenvalue weighted by Gasteiger charge is -2.40. The van der Waals surface area contributed by atoms with Gasteiger partial charge in [0, 0.05) is 25.9 Å². The third kappa shape index (κ3) is 10.6. The van der Waals surface area contributed by atoms with Crippen molar-refractivity contribution in [2.45, 2.75) is 132 Å². The molecule has 1 unspecified atom stereocenters. The molecule has 5 N–H and O–H groups in total. The van der Waals surface area contributed by atoms with Gasteiger partial charge in [-0.25, -0.2) is 4.79 Å². The molecule has 13 nitrogen and oxygen atoms in total. The average molecular weight is 687 g/mol. The zero-order valence-corrected chi connectivity index (χ0v) is 31.0. The van der Waals surface area contributed by atoms with Crippen LogP contribution in [0.15, 0.2) is 11.6 Å². The molecule has 13 heteroatoms. The van der Waals surface area contributed by atoms with Crippen molar-refractivity contribution in [3.8, 4) is 0 Å². The monoisotopic (exact) mass is 686 g/mol. The van der Waals surface area contributed by atoms with Crippen LogP contribution >= 0.6 is 0 Å². The fraction of sp³-hybridized carbons (Fsp3) is 0.750. The maximum absolute atomic E-state index is 14.4. The number of nitrogens with zero attached hydrogens (tertiary/aromatic N) is 2. The second-order valence-corrected chi connectivity index (χ2v) is 17.4. The Labute approximate surface area is 290 Å². The van der Waals surface area contributed by atoms with Gasteiger partial charge in [0.1, 0.15) is 12.1 Å². The Balaban J connectivity index is 1.85. The first-order chi connectivity index (χ1) is 22.4. The van der Waals surface area contributed by atoms with Crippen molar-refractivity contribution in [3.05, 3.63) is 11.6 Å². The van der Waals surface area contributed by atoms with E-state index >= 15 is 0 Å². The first-order valence-corrected chi connectivity index (χ1v) is 17.5. The van der Waals surface area contributed by atoms with Gasteiger partial charge in [-0.15, -0.1) is 0 Å². The summed E-state index contributed by atoms with van der Waals surface area (Å²) in [5.41, 5.74) is 4.23. The SMILES string of the molecule is CC(C)/C=C1\CCN(C(=O)[C@@H](NC(=O)N[C@H](CN2C(=O)CC(C)(C)CC2=O)C(C)(C)C)C(C)(C)C)[C@@H]1C(=O)NC(CC1CC1)C(=O)C(N)=O. The van der Waals surface area contributed by atoms with E-state index in [1.807, 2.05) is 54.5 Å². The molecule has 3 rings (SSSR count). The predicted molar refractivity (Wildman–Crippen MR) is 184 cm³/mol. The van der Waals surface area contributed by atoms with E-state index in [-0.39, 0.29) is 49.6 Å². The molecule has 2 saturated heterocycles. The Morgan fingerprint density at radius 3 is 1.96 bits per heavy atom. The van der Waals surface area contributed by atoms with Crippen molar-refractivity contribution in [3.63, 3.8) is 0 Å². The van der Waals surface area contributed by atoms with Crippen LogP contribution in [0.25, 0.3) is 0 Å². The minimum Gasteiger partial charge on any atom is -0.363 e. The van der Waals surface area contributed by atoms with Crippen molar-refractivity contribution in [2.75, 3.05) is 13.1 Å². The Morgan fingerprint density at radius 2 is 1.49 bits per heavy atom. The zero-order chi connectivity index (χ0) is 37.2. The predicted octanol–water partition coefficient (Wildman–Crippen LogP) is 2.81. The summed E-state index contributed by atoms with van der Waals surface area (Å²) in [5, 5.41) is 8.48. The molecule has 1 aliphatic carbocycles. The number of urea groups is 1. The maximum Gasteiger partial charge on any atom is 0.315 e. The van der Waals surface area contributed by atoms with Gasteiger partial charge in [-0.1, -0.05) is 88.2 Å². The number of nitrogens with two attached hydrogens (primary N) is 1. The van der Waals surface area contributed by atoms with Crippen LogP contribution in [0.1, 0.15) is 108 Å². The topological polar surface area (TPSA) is 188 Å². The van der Waals surface area contributed by atoms with Gasteiger partial charge in [-0.05, 0) is 46.5 Å². The number of piperidine rings is 1. The molecule has 0 aromatic rings. The number of nitrogens with one attached hydrogen (secondary N) is 3. The number of hydrogen-bond donors (Lipinski definition) is 4. The van der Waals surface area contributed by atoms with Gasteiger partial charge in [0.2, 0.25) is 29.4 Å². The summed E-state index contributed by atoms with van der Waals surface area (Å²) in [6.07, 6.45) is 4.87. The highest BCUT2D eigenvalue weighted by Gasteiger charge is 2.46. The van der Waals surface area contributed by atoms with Crippen molar-refractivity contribution < 1.29 is 33.6 Å². The number of Topliss-reactive ketones (excluding diaryl/α,β-unsaturated/α-hetero) is 1. The largest absolute Gasteiger partial charge is 0.363 e. The van der Waals surface area contributed by atoms with Crippen molar-refractivity contribution in [1.82, 2.24) is 25.8 Å². The van der Waals surface area contributed by atoms with Gasteiger partial charge in [0.25, 0.3) is 5.91 Å². The van der Waals surface area contributed by atoms with Crippen LogP contribution in [0.3, 0.4) is 0 Å². The summed E-state index contributed by atoms with van der Waals surface area (Å²) in [6, 6.07) is -4.49. The summed E-state index contributed by atoms with van der Waals surface area (Å²) in [7, 11) is 0. The van der Waals surface area contributed by atoms with Crippen LogP contribution < -0.4 is 21.7 Å². The van der Waals surface area contributed by atoms with Crippen molar-refractivity contribution in [2.24, 2.45) is 33.8 Å². The van der Waals surface area contributed by atoms with E-state index in [1.165, 1.54) is 9.80 Å². The van der Waals surface area contributed by atoms with Gasteiger partial charge in [-0.2, -0.15) is 0 Å². The lowest BCUT2D eigenvalue weighted by molar-refractivity contribution is -0.153. The van der Waals surface area contributed by atoms with E-state index < -0.39 is 69.9 Å². The minimum absolute atomic E-state index is 0.0113. The molecule has 4 atom stereocenters. The van der Waals surface area contributed by atoms with Gasteiger partial charge in [-0.3, -0.25) is 33.7 Å². The van der Waals surface area contributed by atoms with E-state index in [2.05, 4.69) is 16.0 Å². The molecular formula is C36H58N6O7. The van der Waals surface area contributed by atoms with Crippen LogP contribution in [0, 0.1) is 28.1 Å². The number of ketones is 1. The van der Waals surface area contributed by atoms with Gasteiger partial charge in [0.05, 0.1) is 12.1 Å². The number of hydrogen-bond acceptors (Lipinski definition) is 7.